The maximum atomic E-state index is 10.1. The first kappa shape index (κ1) is 16.8. The molecule has 2 unspecified atom stereocenters. The van der Waals surface area contributed by atoms with Crippen LogP contribution in [0.2, 0.25) is 0 Å². The molecule has 0 radical (unpaired) electrons. The lowest BCUT2D eigenvalue weighted by Crippen LogP contribution is -2.48. The highest BCUT2D eigenvalue weighted by molar-refractivity contribution is 4.87. The molecule has 0 aromatic rings. The fourth-order valence-corrected chi connectivity index (χ4v) is 1.87. The molecule has 0 fully saturated rings. The zero-order valence-electron chi connectivity index (χ0n) is 12.2. The third kappa shape index (κ3) is 8.55. The van der Waals surface area contributed by atoms with Crippen molar-refractivity contribution in [3.05, 3.63) is 0 Å². The largest absolute Gasteiger partial charge is 0.391 e. The van der Waals surface area contributed by atoms with E-state index in [4.69, 9.17) is 5.73 Å². The molecule has 0 heterocycles. The second kappa shape index (κ2) is 8.03. The van der Waals surface area contributed by atoms with Crippen LogP contribution in [-0.4, -0.2) is 67.8 Å². The minimum absolute atomic E-state index is 0.399. The number of hydrogen-bond acceptors (Lipinski definition) is 4. The lowest BCUT2D eigenvalue weighted by molar-refractivity contribution is 0.0744. The summed E-state index contributed by atoms with van der Waals surface area (Å²) in [7, 11) is 8.21. The van der Waals surface area contributed by atoms with Gasteiger partial charge in [-0.15, -0.1) is 0 Å². The first-order chi connectivity index (χ1) is 7.75. The van der Waals surface area contributed by atoms with Gasteiger partial charge in [0, 0.05) is 5.54 Å². The molecule has 0 saturated carbocycles. The maximum absolute atomic E-state index is 10.1. The molecule has 3 N–H and O–H groups in total. The Morgan fingerprint density at radius 1 is 1.06 bits per heavy atom. The van der Waals surface area contributed by atoms with Gasteiger partial charge in [0.1, 0.15) is 0 Å². The van der Waals surface area contributed by atoms with Crippen LogP contribution in [0, 0.1) is 0 Å². The Bertz CT molecular complexity index is 193. The summed E-state index contributed by atoms with van der Waals surface area (Å²) in [6, 6.07) is 0. The average molecular weight is 245 g/mol. The van der Waals surface area contributed by atoms with Crippen LogP contribution in [0.5, 0.6) is 0 Å². The summed E-state index contributed by atoms with van der Waals surface area (Å²) < 4.78 is 0. The van der Waals surface area contributed by atoms with Crippen LogP contribution in [0.4, 0.5) is 0 Å². The summed E-state index contributed by atoms with van der Waals surface area (Å²) in [6.07, 6.45) is 3.28. The van der Waals surface area contributed by atoms with Gasteiger partial charge in [-0.2, -0.15) is 0 Å². The highest BCUT2D eigenvalue weighted by atomic mass is 16.3. The number of nitrogens with zero attached hydrogens (tertiary/aromatic N) is 2. The van der Waals surface area contributed by atoms with Crippen molar-refractivity contribution in [3.8, 4) is 0 Å². The van der Waals surface area contributed by atoms with E-state index in [1.807, 2.05) is 21.0 Å². The summed E-state index contributed by atoms with van der Waals surface area (Å²) in [5.74, 6) is 0. The van der Waals surface area contributed by atoms with E-state index in [9.17, 15) is 5.11 Å². The first-order valence-electron chi connectivity index (χ1n) is 6.52. The molecule has 17 heavy (non-hydrogen) atoms. The lowest BCUT2D eigenvalue weighted by Gasteiger charge is -2.31. The van der Waals surface area contributed by atoms with Crippen molar-refractivity contribution in [2.24, 2.45) is 5.73 Å². The lowest BCUT2D eigenvalue weighted by atomic mass is 9.88. The molecule has 0 aromatic carbocycles. The second-order valence-electron chi connectivity index (χ2n) is 5.87. The van der Waals surface area contributed by atoms with Crippen molar-refractivity contribution in [1.82, 2.24) is 9.80 Å². The van der Waals surface area contributed by atoms with Crippen LogP contribution >= 0.6 is 0 Å². The molecule has 0 bridgehead atoms. The molecule has 4 nitrogen and oxygen atoms in total. The number of nitrogens with two attached hydrogens (primary N) is 1. The van der Waals surface area contributed by atoms with Crippen molar-refractivity contribution in [1.29, 1.82) is 0 Å². The number of aliphatic hydroxyl groups is 1. The monoisotopic (exact) mass is 245 g/mol. The highest BCUT2D eigenvalue weighted by Crippen LogP contribution is 2.18. The Morgan fingerprint density at radius 3 is 2.00 bits per heavy atom. The van der Waals surface area contributed by atoms with Gasteiger partial charge in [-0.3, -0.25) is 0 Å². The average Bonchev–Trinajstić information content (AvgIpc) is 2.15. The van der Waals surface area contributed by atoms with Crippen molar-refractivity contribution in [2.45, 2.75) is 44.2 Å². The van der Waals surface area contributed by atoms with E-state index < -0.39 is 11.6 Å². The van der Waals surface area contributed by atoms with Crippen LogP contribution in [0.25, 0.3) is 0 Å². The molecule has 0 aliphatic heterocycles. The molecule has 4 heteroatoms. The van der Waals surface area contributed by atoms with Crippen molar-refractivity contribution >= 4 is 0 Å². The van der Waals surface area contributed by atoms with Gasteiger partial charge in [0.05, 0.1) is 6.10 Å². The van der Waals surface area contributed by atoms with E-state index in [1.54, 1.807) is 0 Å². The zero-order valence-corrected chi connectivity index (χ0v) is 12.2. The predicted molar refractivity (Wildman–Crippen MR) is 74.2 cm³/mol. The number of aliphatic hydroxyl groups excluding tert-OH is 1. The summed E-state index contributed by atoms with van der Waals surface area (Å²) in [6.45, 7) is 3.99. The number of hydrogen-bond donors (Lipinski definition) is 2. The molecule has 0 amide bonds. The van der Waals surface area contributed by atoms with E-state index in [-0.39, 0.29) is 0 Å². The number of rotatable bonds is 9. The summed E-state index contributed by atoms with van der Waals surface area (Å²) >= 11 is 0. The van der Waals surface area contributed by atoms with Gasteiger partial charge in [-0.05, 0) is 73.9 Å². The third-order valence-electron chi connectivity index (χ3n) is 3.16. The smallest absolute Gasteiger partial charge is 0.0717 e. The molecule has 0 spiro atoms. The molecule has 0 aliphatic rings. The Morgan fingerprint density at radius 2 is 1.53 bits per heavy atom. The molecule has 104 valence electrons. The normalized spacial score (nSPS) is 17.5. The van der Waals surface area contributed by atoms with Crippen molar-refractivity contribution in [2.75, 3.05) is 41.3 Å². The van der Waals surface area contributed by atoms with Gasteiger partial charge in [0.15, 0.2) is 0 Å². The summed E-state index contributed by atoms with van der Waals surface area (Å²) in [4.78, 5) is 4.28. The SMILES string of the molecule is CN(C)CCCC(O)C(C)(N)CCCN(C)C. The predicted octanol–water partition coefficient (Wildman–Crippen LogP) is 0.748. The van der Waals surface area contributed by atoms with Gasteiger partial charge in [-0.1, -0.05) is 0 Å². The van der Waals surface area contributed by atoms with Gasteiger partial charge in [0.25, 0.3) is 0 Å². The van der Waals surface area contributed by atoms with E-state index in [2.05, 4.69) is 23.9 Å². The Hall–Kier alpha value is -0.160. The van der Waals surface area contributed by atoms with Crippen LogP contribution in [0.1, 0.15) is 32.6 Å². The molecular weight excluding hydrogens is 214 g/mol. The van der Waals surface area contributed by atoms with E-state index >= 15 is 0 Å². The zero-order chi connectivity index (χ0) is 13.5. The molecule has 0 aliphatic carbocycles. The quantitative estimate of drug-likeness (QED) is 0.629. The highest BCUT2D eigenvalue weighted by Gasteiger charge is 2.27. The van der Waals surface area contributed by atoms with E-state index in [0.29, 0.717) is 0 Å². The topological polar surface area (TPSA) is 52.7 Å². The van der Waals surface area contributed by atoms with Gasteiger partial charge in [-0.25, -0.2) is 0 Å². The van der Waals surface area contributed by atoms with Gasteiger partial charge in [0.2, 0.25) is 0 Å². The van der Waals surface area contributed by atoms with Gasteiger partial charge < -0.3 is 20.6 Å². The third-order valence-corrected chi connectivity index (χ3v) is 3.16. The van der Waals surface area contributed by atoms with Crippen LogP contribution in [0.15, 0.2) is 0 Å². The van der Waals surface area contributed by atoms with Gasteiger partial charge >= 0.3 is 0 Å². The standard InChI is InChI=1S/C13H31N3O/c1-13(14,9-7-11-16(4)5)12(17)8-6-10-15(2)3/h12,17H,6-11,14H2,1-5H3. The van der Waals surface area contributed by atoms with Crippen LogP contribution in [-0.2, 0) is 0 Å². The summed E-state index contributed by atoms with van der Waals surface area (Å²) in [5.41, 5.74) is 5.73. The Kier molecular flexibility index (Phi) is 7.96. The van der Waals surface area contributed by atoms with Crippen LogP contribution in [0.3, 0.4) is 0 Å². The molecule has 0 aromatic heterocycles. The second-order valence-corrected chi connectivity index (χ2v) is 5.87. The minimum atomic E-state index is -0.456. The first-order valence-corrected chi connectivity index (χ1v) is 6.52. The Balaban J connectivity index is 3.85. The molecule has 0 rings (SSSR count). The fourth-order valence-electron chi connectivity index (χ4n) is 1.87. The summed E-state index contributed by atoms with van der Waals surface area (Å²) in [5, 5.41) is 10.1. The minimum Gasteiger partial charge on any atom is -0.391 e. The fraction of sp³-hybridized carbons (Fsp3) is 1.00. The van der Waals surface area contributed by atoms with Crippen molar-refractivity contribution < 1.29 is 5.11 Å². The molecule has 0 saturated heterocycles. The van der Waals surface area contributed by atoms with Crippen molar-refractivity contribution in [3.63, 3.8) is 0 Å². The van der Waals surface area contributed by atoms with E-state index in [0.717, 1.165) is 38.8 Å². The molecule has 2 atom stereocenters. The van der Waals surface area contributed by atoms with Crippen LogP contribution < -0.4 is 5.73 Å². The molecular formula is C13H31N3O. The van der Waals surface area contributed by atoms with E-state index in [1.165, 1.54) is 0 Å². The maximum Gasteiger partial charge on any atom is 0.0717 e. The Labute approximate surface area is 107 Å².